The molecule has 94 valence electrons. The molecule has 0 heterocycles. The monoisotopic (exact) mass is 253 g/mol. The van der Waals surface area contributed by atoms with Crippen molar-refractivity contribution in [3.63, 3.8) is 0 Å². The minimum atomic E-state index is -0.320. The molecule has 2 N–H and O–H groups in total. The maximum absolute atomic E-state index is 12.5. The Labute approximate surface area is 109 Å². The summed E-state index contributed by atoms with van der Waals surface area (Å²) >= 11 is 0. The fourth-order valence-electron chi connectivity index (χ4n) is 2.41. The van der Waals surface area contributed by atoms with Crippen LogP contribution in [0.3, 0.4) is 0 Å². The SMILES string of the molecule is CNc1ccc(O)c2c1C(=O)c1ccccc1C2=O. The molecule has 0 aromatic heterocycles. The van der Waals surface area contributed by atoms with Crippen molar-refractivity contribution in [2.24, 2.45) is 0 Å². The van der Waals surface area contributed by atoms with Crippen LogP contribution in [0, 0.1) is 0 Å². The number of carbonyl (C=O) groups excluding carboxylic acids is 2. The first-order chi connectivity index (χ1) is 9.15. The van der Waals surface area contributed by atoms with Crippen LogP contribution in [-0.2, 0) is 0 Å². The van der Waals surface area contributed by atoms with E-state index in [9.17, 15) is 14.7 Å². The molecule has 0 amide bonds. The zero-order valence-electron chi connectivity index (χ0n) is 10.2. The van der Waals surface area contributed by atoms with Gasteiger partial charge in [0.15, 0.2) is 11.6 Å². The van der Waals surface area contributed by atoms with Crippen LogP contribution in [0.5, 0.6) is 5.75 Å². The first kappa shape index (κ1) is 11.5. The highest BCUT2D eigenvalue weighted by atomic mass is 16.3. The summed E-state index contributed by atoms with van der Waals surface area (Å²) in [4.78, 5) is 24.9. The lowest BCUT2D eigenvalue weighted by molar-refractivity contribution is 0.0977. The highest BCUT2D eigenvalue weighted by Crippen LogP contribution is 2.36. The van der Waals surface area contributed by atoms with Gasteiger partial charge in [0.25, 0.3) is 0 Å². The molecule has 0 fully saturated rings. The average Bonchev–Trinajstić information content (AvgIpc) is 2.44. The van der Waals surface area contributed by atoms with E-state index in [-0.39, 0.29) is 28.4 Å². The molecule has 3 rings (SSSR count). The van der Waals surface area contributed by atoms with Crippen LogP contribution < -0.4 is 5.32 Å². The lowest BCUT2D eigenvalue weighted by Gasteiger charge is -2.20. The molecule has 0 saturated heterocycles. The van der Waals surface area contributed by atoms with Crippen LogP contribution in [0.15, 0.2) is 36.4 Å². The van der Waals surface area contributed by atoms with Crippen molar-refractivity contribution in [3.05, 3.63) is 58.7 Å². The van der Waals surface area contributed by atoms with Crippen LogP contribution in [0.1, 0.15) is 31.8 Å². The first-order valence-electron chi connectivity index (χ1n) is 5.87. The predicted octanol–water partition coefficient (Wildman–Crippen LogP) is 2.21. The number of ketones is 2. The van der Waals surface area contributed by atoms with Crippen molar-refractivity contribution in [1.82, 2.24) is 0 Å². The lowest BCUT2D eigenvalue weighted by Crippen LogP contribution is -2.22. The van der Waals surface area contributed by atoms with Gasteiger partial charge in [0, 0.05) is 23.9 Å². The van der Waals surface area contributed by atoms with Gasteiger partial charge in [0.05, 0.1) is 11.1 Å². The third kappa shape index (κ3) is 1.46. The number of benzene rings is 2. The van der Waals surface area contributed by atoms with E-state index in [1.54, 1.807) is 37.4 Å². The smallest absolute Gasteiger partial charge is 0.198 e. The standard InChI is InChI=1S/C15H11NO3/c1-16-10-6-7-11(17)13-12(10)14(18)8-4-2-3-5-9(8)15(13)19/h2-7,16-17H,1H3. The Morgan fingerprint density at radius 2 is 1.47 bits per heavy atom. The van der Waals surface area contributed by atoms with Crippen LogP contribution >= 0.6 is 0 Å². The highest BCUT2D eigenvalue weighted by Gasteiger charge is 2.33. The number of phenols is 1. The Bertz CT molecular complexity index is 719. The fourth-order valence-corrected chi connectivity index (χ4v) is 2.41. The molecule has 0 spiro atoms. The molecule has 0 unspecified atom stereocenters. The van der Waals surface area contributed by atoms with Crippen LogP contribution in [0.2, 0.25) is 0 Å². The van der Waals surface area contributed by atoms with Crippen molar-refractivity contribution in [1.29, 1.82) is 0 Å². The quantitative estimate of drug-likeness (QED) is 0.652. The van der Waals surface area contributed by atoms with Gasteiger partial charge in [-0.25, -0.2) is 0 Å². The van der Waals surface area contributed by atoms with E-state index in [0.29, 0.717) is 16.8 Å². The molecule has 4 heteroatoms. The van der Waals surface area contributed by atoms with Gasteiger partial charge in [-0.3, -0.25) is 9.59 Å². The van der Waals surface area contributed by atoms with Gasteiger partial charge in [0.1, 0.15) is 5.75 Å². The van der Waals surface area contributed by atoms with E-state index in [4.69, 9.17) is 0 Å². The number of phenolic OH excluding ortho intramolecular Hbond substituents is 1. The maximum atomic E-state index is 12.5. The third-order valence-corrected chi connectivity index (χ3v) is 3.32. The number of anilines is 1. The molecule has 19 heavy (non-hydrogen) atoms. The number of nitrogens with one attached hydrogen (secondary N) is 1. The Morgan fingerprint density at radius 3 is 2.05 bits per heavy atom. The summed E-state index contributed by atoms with van der Waals surface area (Å²) in [5, 5.41) is 12.8. The summed E-state index contributed by atoms with van der Waals surface area (Å²) in [7, 11) is 1.67. The summed E-state index contributed by atoms with van der Waals surface area (Å²) in [6, 6.07) is 9.66. The van der Waals surface area contributed by atoms with Crippen LogP contribution in [-0.4, -0.2) is 23.7 Å². The summed E-state index contributed by atoms with van der Waals surface area (Å²) < 4.78 is 0. The summed E-state index contributed by atoms with van der Waals surface area (Å²) in [5.74, 6) is -0.730. The van der Waals surface area contributed by atoms with E-state index >= 15 is 0 Å². The fraction of sp³-hybridized carbons (Fsp3) is 0.0667. The van der Waals surface area contributed by atoms with E-state index in [1.807, 2.05) is 0 Å². The van der Waals surface area contributed by atoms with Crippen molar-refractivity contribution in [2.45, 2.75) is 0 Å². The van der Waals surface area contributed by atoms with Gasteiger partial charge in [-0.05, 0) is 12.1 Å². The summed E-state index contributed by atoms with van der Waals surface area (Å²) in [6.07, 6.45) is 0. The molecule has 0 saturated carbocycles. The zero-order chi connectivity index (χ0) is 13.6. The second-order valence-electron chi connectivity index (χ2n) is 4.34. The van der Waals surface area contributed by atoms with Crippen LogP contribution in [0.4, 0.5) is 5.69 Å². The number of fused-ring (bicyclic) bond motifs is 2. The number of hydrogen-bond acceptors (Lipinski definition) is 4. The molecule has 0 aliphatic heterocycles. The minimum absolute atomic E-state index is 0.0792. The summed E-state index contributed by atoms with van der Waals surface area (Å²) in [5.41, 5.74) is 1.58. The van der Waals surface area contributed by atoms with Gasteiger partial charge >= 0.3 is 0 Å². The first-order valence-corrected chi connectivity index (χ1v) is 5.87. The number of aromatic hydroxyl groups is 1. The van der Waals surface area contributed by atoms with Crippen molar-refractivity contribution >= 4 is 17.3 Å². The number of carbonyl (C=O) groups is 2. The second kappa shape index (κ2) is 3.95. The normalized spacial score (nSPS) is 12.9. The minimum Gasteiger partial charge on any atom is -0.507 e. The van der Waals surface area contributed by atoms with E-state index < -0.39 is 0 Å². The summed E-state index contributed by atoms with van der Waals surface area (Å²) in [6.45, 7) is 0. The molecule has 0 radical (unpaired) electrons. The topological polar surface area (TPSA) is 66.4 Å². The van der Waals surface area contributed by atoms with Gasteiger partial charge in [-0.2, -0.15) is 0 Å². The molecule has 1 aliphatic carbocycles. The maximum Gasteiger partial charge on any atom is 0.198 e. The van der Waals surface area contributed by atoms with Crippen molar-refractivity contribution < 1.29 is 14.7 Å². The molecule has 0 atom stereocenters. The molecular formula is C15H11NO3. The Morgan fingerprint density at radius 1 is 0.895 bits per heavy atom. The zero-order valence-corrected chi connectivity index (χ0v) is 10.2. The van der Waals surface area contributed by atoms with Gasteiger partial charge in [-0.1, -0.05) is 24.3 Å². The van der Waals surface area contributed by atoms with E-state index in [2.05, 4.69) is 5.32 Å². The molecule has 1 aliphatic rings. The van der Waals surface area contributed by atoms with E-state index in [1.165, 1.54) is 6.07 Å². The van der Waals surface area contributed by atoms with Gasteiger partial charge < -0.3 is 10.4 Å². The number of hydrogen-bond donors (Lipinski definition) is 2. The van der Waals surface area contributed by atoms with Gasteiger partial charge in [0.2, 0.25) is 0 Å². The van der Waals surface area contributed by atoms with Crippen molar-refractivity contribution in [3.8, 4) is 5.75 Å². The molecule has 2 aromatic rings. The lowest BCUT2D eigenvalue weighted by atomic mass is 9.83. The molecule has 4 nitrogen and oxygen atoms in total. The average molecular weight is 253 g/mol. The van der Waals surface area contributed by atoms with Crippen LogP contribution in [0.25, 0.3) is 0 Å². The molecule has 0 bridgehead atoms. The highest BCUT2D eigenvalue weighted by molar-refractivity contribution is 6.31. The van der Waals surface area contributed by atoms with Crippen molar-refractivity contribution in [2.75, 3.05) is 12.4 Å². The molecule has 2 aromatic carbocycles. The Hall–Kier alpha value is -2.62. The Kier molecular flexibility index (Phi) is 2.38. The van der Waals surface area contributed by atoms with E-state index in [0.717, 1.165) is 0 Å². The predicted molar refractivity (Wildman–Crippen MR) is 71.0 cm³/mol. The second-order valence-corrected chi connectivity index (χ2v) is 4.34. The third-order valence-electron chi connectivity index (χ3n) is 3.32. The van der Waals surface area contributed by atoms with Gasteiger partial charge in [-0.15, -0.1) is 0 Å². The largest absolute Gasteiger partial charge is 0.507 e. The Balaban J connectivity index is 2.38. The number of rotatable bonds is 1. The molecular weight excluding hydrogens is 242 g/mol.